The largest absolute Gasteiger partial charge is 0.359 e. The molecule has 118 valence electrons. The van der Waals surface area contributed by atoms with E-state index >= 15 is 0 Å². The Balaban J connectivity index is 2.07. The molecule has 1 aromatic heterocycles. The monoisotopic (exact) mass is 373 g/mol. The van der Waals surface area contributed by atoms with Crippen LogP contribution in [0, 0.1) is 5.92 Å². The molecule has 0 bridgehead atoms. The van der Waals surface area contributed by atoms with E-state index in [2.05, 4.69) is 45.2 Å². The Morgan fingerprint density at radius 3 is 2.67 bits per heavy atom. The van der Waals surface area contributed by atoms with Crippen molar-refractivity contribution in [3.8, 4) is 0 Å². The Labute approximate surface area is 139 Å². The number of amides is 1. The third kappa shape index (κ3) is 4.06. The highest BCUT2D eigenvalue weighted by Crippen LogP contribution is 2.35. The lowest BCUT2D eigenvalue weighted by Gasteiger charge is -2.39. The third-order valence-electron chi connectivity index (χ3n) is 4.30. The fraction of sp³-hybridized carbons (Fsp3) is 0.667. The summed E-state index contributed by atoms with van der Waals surface area (Å²) >= 11 is 5.30. The van der Waals surface area contributed by atoms with Gasteiger partial charge in [-0.2, -0.15) is 0 Å². The van der Waals surface area contributed by atoms with Crippen LogP contribution >= 0.6 is 27.3 Å². The first-order valence-electron chi connectivity index (χ1n) is 7.53. The molecule has 4 nitrogen and oxygen atoms in total. The number of nitrogens with one attached hydrogen (secondary N) is 1. The summed E-state index contributed by atoms with van der Waals surface area (Å²) in [6, 6.07) is 4.65. The maximum Gasteiger partial charge on any atom is 0.222 e. The van der Waals surface area contributed by atoms with Crippen LogP contribution in [0.25, 0.3) is 0 Å². The fourth-order valence-corrected chi connectivity index (χ4v) is 4.65. The molecule has 1 saturated heterocycles. The number of hydrogen-bond donors (Lipinski definition) is 2. The Hall–Kier alpha value is -0.430. The first-order valence-corrected chi connectivity index (χ1v) is 9.14. The van der Waals surface area contributed by atoms with E-state index in [1.165, 1.54) is 4.88 Å². The molecule has 21 heavy (non-hydrogen) atoms. The van der Waals surface area contributed by atoms with Gasteiger partial charge in [0.25, 0.3) is 0 Å². The highest BCUT2D eigenvalue weighted by Gasteiger charge is 2.32. The second-order valence-corrected chi connectivity index (χ2v) is 8.08. The molecule has 2 heterocycles. The molecule has 0 spiro atoms. The van der Waals surface area contributed by atoms with Gasteiger partial charge in [-0.05, 0) is 60.4 Å². The normalized spacial score (nSPS) is 20.2. The minimum Gasteiger partial charge on any atom is -0.359 e. The third-order valence-corrected chi connectivity index (χ3v) is 6.00. The molecule has 0 aliphatic carbocycles. The van der Waals surface area contributed by atoms with Crippen LogP contribution in [-0.4, -0.2) is 37.0 Å². The lowest BCUT2D eigenvalue weighted by atomic mass is 9.93. The number of nitrogens with zero attached hydrogens (tertiary/aromatic N) is 1. The van der Waals surface area contributed by atoms with E-state index in [9.17, 15) is 4.79 Å². The van der Waals surface area contributed by atoms with Gasteiger partial charge in [-0.3, -0.25) is 9.69 Å². The first-order chi connectivity index (χ1) is 10.1. The summed E-state index contributed by atoms with van der Waals surface area (Å²) < 4.78 is 1.14. The molecule has 1 amide bonds. The summed E-state index contributed by atoms with van der Waals surface area (Å²) in [6.07, 6.45) is 2.79. The molecule has 2 atom stereocenters. The van der Waals surface area contributed by atoms with Crippen LogP contribution in [0.3, 0.4) is 0 Å². The van der Waals surface area contributed by atoms with Crippen molar-refractivity contribution in [2.45, 2.75) is 38.3 Å². The van der Waals surface area contributed by atoms with Crippen molar-refractivity contribution in [3.63, 3.8) is 0 Å². The minimum atomic E-state index is 0.132. The van der Waals surface area contributed by atoms with Crippen LogP contribution in [0.5, 0.6) is 0 Å². The van der Waals surface area contributed by atoms with Gasteiger partial charge in [0.05, 0.1) is 9.83 Å². The second-order valence-electron chi connectivity index (χ2n) is 5.58. The summed E-state index contributed by atoms with van der Waals surface area (Å²) in [5.74, 6) is 0.324. The molecule has 3 N–H and O–H groups in total. The quantitative estimate of drug-likeness (QED) is 0.833. The summed E-state index contributed by atoms with van der Waals surface area (Å²) in [5, 5.41) is 2.76. The van der Waals surface area contributed by atoms with Crippen molar-refractivity contribution in [2.75, 3.05) is 20.1 Å². The number of nitrogens with two attached hydrogens (primary N) is 1. The van der Waals surface area contributed by atoms with Gasteiger partial charge < -0.3 is 11.1 Å². The van der Waals surface area contributed by atoms with Crippen LogP contribution in [0.1, 0.15) is 37.1 Å². The minimum absolute atomic E-state index is 0.132. The van der Waals surface area contributed by atoms with Gasteiger partial charge in [0, 0.05) is 23.9 Å². The maximum absolute atomic E-state index is 11.7. The van der Waals surface area contributed by atoms with Gasteiger partial charge in [-0.15, -0.1) is 11.3 Å². The van der Waals surface area contributed by atoms with E-state index in [-0.39, 0.29) is 23.9 Å². The van der Waals surface area contributed by atoms with Crippen LogP contribution < -0.4 is 11.1 Å². The average Bonchev–Trinajstić information content (AvgIpc) is 2.93. The van der Waals surface area contributed by atoms with Crippen molar-refractivity contribution in [3.05, 3.63) is 20.8 Å². The van der Waals surface area contributed by atoms with Gasteiger partial charge in [-0.1, -0.05) is 6.92 Å². The number of piperidine rings is 1. The smallest absolute Gasteiger partial charge is 0.222 e. The zero-order valence-electron chi connectivity index (χ0n) is 12.6. The molecule has 1 aliphatic rings. The zero-order valence-corrected chi connectivity index (χ0v) is 15.0. The Bertz CT molecular complexity index is 471. The number of thiophene rings is 1. The number of halogens is 1. The summed E-state index contributed by atoms with van der Waals surface area (Å²) in [7, 11) is 1.72. The fourth-order valence-electron chi connectivity index (χ4n) is 3.02. The standard InChI is InChI=1S/C15H24BrN3OS/c1-3-11(17)14(12-4-5-13(16)21-12)19-8-6-10(7-9-19)15(20)18-2/h4-5,10-11,14H,3,6-9,17H2,1-2H3,(H,18,20). The van der Waals surface area contributed by atoms with Crippen molar-refractivity contribution in [2.24, 2.45) is 11.7 Å². The van der Waals surface area contributed by atoms with Gasteiger partial charge in [0.15, 0.2) is 0 Å². The SMILES string of the molecule is CCC(N)C(c1ccc(Br)s1)N1CCC(C(=O)NC)CC1. The average molecular weight is 374 g/mol. The van der Waals surface area contributed by atoms with Crippen molar-refractivity contribution >= 4 is 33.2 Å². The van der Waals surface area contributed by atoms with E-state index in [1.54, 1.807) is 18.4 Å². The molecule has 0 saturated carbocycles. The molecule has 1 fully saturated rings. The topological polar surface area (TPSA) is 58.4 Å². The van der Waals surface area contributed by atoms with Crippen molar-refractivity contribution in [1.82, 2.24) is 10.2 Å². The van der Waals surface area contributed by atoms with Gasteiger partial charge in [0.1, 0.15) is 0 Å². The van der Waals surface area contributed by atoms with E-state index in [1.807, 2.05) is 0 Å². The van der Waals surface area contributed by atoms with Crippen molar-refractivity contribution in [1.29, 1.82) is 0 Å². The lowest BCUT2D eigenvalue weighted by molar-refractivity contribution is -0.126. The molecule has 1 aliphatic heterocycles. The number of rotatable bonds is 5. The molecule has 6 heteroatoms. The molecule has 2 rings (SSSR count). The molecular weight excluding hydrogens is 350 g/mol. The summed E-state index contributed by atoms with van der Waals surface area (Å²) in [4.78, 5) is 15.5. The zero-order chi connectivity index (χ0) is 15.4. The van der Waals surface area contributed by atoms with Gasteiger partial charge in [0.2, 0.25) is 5.91 Å². The number of likely N-dealkylation sites (tertiary alicyclic amines) is 1. The highest BCUT2D eigenvalue weighted by atomic mass is 79.9. The van der Waals surface area contributed by atoms with Crippen LogP contribution in [0.2, 0.25) is 0 Å². The number of carbonyl (C=O) groups excluding carboxylic acids is 1. The van der Waals surface area contributed by atoms with Crippen molar-refractivity contribution < 1.29 is 4.79 Å². The lowest BCUT2D eigenvalue weighted by Crippen LogP contribution is -2.46. The summed E-state index contributed by atoms with van der Waals surface area (Å²) in [6.45, 7) is 4.01. The molecule has 2 unspecified atom stereocenters. The predicted octanol–water partition coefficient (Wildman–Crippen LogP) is 2.75. The second kappa shape index (κ2) is 7.72. The Kier molecular flexibility index (Phi) is 6.22. The van der Waals surface area contributed by atoms with Gasteiger partial charge >= 0.3 is 0 Å². The van der Waals surface area contributed by atoms with Gasteiger partial charge in [-0.25, -0.2) is 0 Å². The van der Waals surface area contributed by atoms with Crippen LogP contribution in [0.15, 0.2) is 15.9 Å². The highest BCUT2D eigenvalue weighted by molar-refractivity contribution is 9.11. The molecular formula is C15H24BrN3OS. The summed E-state index contributed by atoms with van der Waals surface area (Å²) in [5.41, 5.74) is 6.38. The first kappa shape index (κ1) is 16.9. The van der Waals surface area contributed by atoms with Crippen LogP contribution in [0.4, 0.5) is 0 Å². The number of carbonyl (C=O) groups is 1. The van der Waals surface area contributed by atoms with E-state index in [0.717, 1.165) is 36.1 Å². The Morgan fingerprint density at radius 1 is 1.52 bits per heavy atom. The molecule has 1 aromatic rings. The number of hydrogen-bond acceptors (Lipinski definition) is 4. The van der Waals surface area contributed by atoms with E-state index < -0.39 is 0 Å². The predicted molar refractivity (Wildman–Crippen MR) is 91.4 cm³/mol. The molecule has 0 aromatic carbocycles. The maximum atomic E-state index is 11.7. The molecule has 0 radical (unpaired) electrons. The Morgan fingerprint density at radius 2 is 2.19 bits per heavy atom. The van der Waals surface area contributed by atoms with E-state index in [0.29, 0.717) is 0 Å². The van der Waals surface area contributed by atoms with E-state index in [4.69, 9.17) is 5.73 Å². The van der Waals surface area contributed by atoms with Crippen LogP contribution in [-0.2, 0) is 4.79 Å².